The summed E-state index contributed by atoms with van der Waals surface area (Å²) in [5.74, 6) is -0.349. The van der Waals surface area contributed by atoms with Crippen molar-refractivity contribution in [1.29, 1.82) is 0 Å². The van der Waals surface area contributed by atoms with Gasteiger partial charge in [-0.05, 0) is 23.3 Å². The molecule has 1 nitrogen and oxygen atoms in total. The van der Waals surface area contributed by atoms with Gasteiger partial charge in [-0.3, -0.25) is 0 Å². The van der Waals surface area contributed by atoms with Crippen LogP contribution in [-0.2, 0) is 4.57 Å². The van der Waals surface area contributed by atoms with Crippen LogP contribution in [0.15, 0.2) is 72.8 Å². The van der Waals surface area contributed by atoms with Gasteiger partial charge >= 0.3 is 0 Å². The Morgan fingerprint density at radius 1 is 0.714 bits per heavy atom. The van der Waals surface area contributed by atoms with Crippen LogP contribution < -0.4 is 15.9 Å². The quantitative estimate of drug-likeness (QED) is 0.491. The Morgan fingerprint density at radius 2 is 1.38 bits per heavy atom. The molecule has 0 saturated heterocycles. The smallest absolute Gasteiger partial charge is 0.172 e. The molecule has 0 spiro atoms. The minimum atomic E-state index is -2.97. The van der Waals surface area contributed by atoms with Crippen molar-refractivity contribution in [3.8, 4) is 11.1 Å². The molecule has 3 aromatic carbocycles. The Kier molecular flexibility index (Phi) is 2.63. The van der Waals surface area contributed by atoms with Crippen LogP contribution in [0, 0.1) is 5.82 Å². The van der Waals surface area contributed by atoms with E-state index in [0.717, 1.165) is 21.7 Å². The Morgan fingerprint density at radius 3 is 2.19 bits per heavy atom. The van der Waals surface area contributed by atoms with Crippen LogP contribution in [0.3, 0.4) is 0 Å². The molecule has 1 unspecified atom stereocenters. The first-order valence-corrected chi connectivity index (χ1v) is 8.48. The van der Waals surface area contributed by atoms with E-state index < -0.39 is 7.14 Å². The van der Waals surface area contributed by atoms with Gasteiger partial charge in [-0.25, -0.2) is 4.39 Å². The third kappa shape index (κ3) is 1.66. The summed E-state index contributed by atoms with van der Waals surface area (Å²) in [7, 11) is -2.97. The molecule has 0 radical (unpaired) electrons. The average molecular weight is 294 g/mol. The van der Waals surface area contributed by atoms with Crippen molar-refractivity contribution in [1.82, 2.24) is 0 Å². The maximum atomic E-state index is 13.8. The molecule has 1 heterocycles. The number of benzene rings is 3. The summed E-state index contributed by atoms with van der Waals surface area (Å²) in [5.41, 5.74) is 1.82. The summed E-state index contributed by atoms with van der Waals surface area (Å²) < 4.78 is 27.6. The first-order chi connectivity index (χ1) is 10.2. The van der Waals surface area contributed by atoms with Crippen molar-refractivity contribution < 1.29 is 8.96 Å². The summed E-state index contributed by atoms with van der Waals surface area (Å²) in [4.78, 5) is 0. The topological polar surface area (TPSA) is 17.1 Å². The van der Waals surface area contributed by atoms with Crippen molar-refractivity contribution >= 4 is 23.1 Å². The van der Waals surface area contributed by atoms with Gasteiger partial charge in [0.05, 0.1) is 0 Å². The molecule has 3 aromatic rings. The van der Waals surface area contributed by atoms with Gasteiger partial charge in [0, 0.05) is 15.9 Å². The van der Waals surface area contributed by atoms with Gasteiger partial charge in [0.15, 0.2) is 7.14 Å². The molecule has 1 aliphatic rings. The molecule has 0 fully saturated rings. The fourth-order valence-electron chi connectivity index (χ4n) is 3.01. The number of hydrogen-bond acceptors (Lipinski definition) is 1. The zero-order chi connectivity index (χ0) is 14.4. The van der Waals surface area contributed by atoms with Crippen LogP contribution in [0.5, 0.6) is 0 Å². The van der Waals surface area contributed by atoms with Crippen molar-refractivity contribution in [2.45, 2.75) is 0 Å². The summed E-state index contributed by atoms with van der Waals surface area (Å²) in [6.45, 7) is 0. The van der Waals surface area contributed by atoms with Crippen molar-refractivity contribution in [3.05, 3.63) is 78.6 Å². The first-order valence-electron chi connectivity index (χ1n) is 6.77. The zero-order valence-electron chi connectivity index (χ0n) is 11.2. The molecule has 1 aliphatic heterocycles. The van der Waals surface area contributed by atoms with E-state index in [0.29, 0.717) is 5.30 Å². The molecule has 4 rings (SSSR count). The van der Waals surface area contributed by atoms with E-state index >= 15 is 0 Å². The molecule has 0 aromatic heterocycles. The third-order valence-electron chi connectivity index (χ3n) is 3.95. The lowest BCUT2D eigenvalue weighted by molar-refractivity contribution is 0.592. The molecule has 1 atom stereocenters. The van der Waals surface area contributed by atoms with E-state index in [1.165, 1.54) is 12.1 Å². The SMILES string of the molecule is O=P1(c2ccccc2)c2ccccc2-c2ccc(F)cc21. The highest BCUT2D eigenvalue weighted by Gasteiger charge is 2.39. The van der Waals surface area contributed by atoms with E-state index in [9.17, 15) is 8.96 Å². The van der Waals surface area contributed by atoms with Gasteiger partial charge in [0.25, 0.3) is 0 Å². The Balaban J connectivity index is 2.13. The minimum Gasteiger partial charge on any atom is -0.309 e. The molecule has 0 bridgehead atoms. The predicted molar refractivity (Wildman–Crippen MR) is 84.8 cm³/mol. The fourth-order valence-corrected chi connectivity index (χ4v) is 6.09. The van der Waals surface area contributed by atoms with E-state index in [2.05, 4.69) is 0 Å². The van der Waals surface area contributed by atoms with Crippen molar-refractivity contribution in [3.63, 3.8) is 0 Å². The van der Waals surface area contributed by atoms with Crippen LogP contribution in [-0.4, -0.2) is 0 Å². The Labute approximate surface area is 122 Å². The highest BCUT2D eigenvalue weighted by Crippen LogP contribution is 2.51. The fraction of sp³-hybridized carbons (Fsp3) is 0. The van der Waals surface area contributed by atoms with Crippen molar-refractivity contribution in [2.24, 2.45) is 0 Å². The lowest BCUT2D eigenvalue weighted by Gasteiger charge is -2.15. The maximum Gasteiger partial charge on any atom is 0.172 e. The lowest BCUT2D eigenvalue weighted by Crippen LogP contribution is -2.20. The first kappa shape index (κ1) is 12.6. The Hall–Kier alpha value is -2.18. The molecule has 0 amide bonds. The molecular formula is C18H12FOP. The number of hydrogen-bond donors (Lipinski definition) is 0. The molecular weight excluding hydrogens is 282 g/mol. The van der Waals surface area contributed by atoms with Crippen LogP contribution in [0.4, 0.5) is 4.39 Å². The van der Waals surface area contributed by atoms with Crippen molar-refractivity contribution in [2.75, 3.05) is 0 Å². The summed E-state index contributed by atoms with van der Waals surface area (Å²) in [5, 5.41) is 2.16. The maximum absolute atomic E-state index is 13.8. The van der Waals surface area contributed by atoms with Gasteiger partial charge in [0.1, 0.15) is 5.82 Å². The van der Waals surface area contributed by atoms with Gasteiger partial charge in [-0.2, -0.15) is 0 Å². The van der Waals surface area contributed by atoms with Crippen LogP contribution in [0.1, 0.15) is 0 Å². The largest absolute Gasteiger partial charge is 0.309 e. The van der Waals surface area contributed by atoms with Crippen LogP contribution in [0.25, 0.3) is 11.1 Å². The van der Waals surface area contributed by atoms with Crippen LogP contribution >= 0.6 is 7.14 Å². The highest BCUT2D eigenvalue weighted by atomic mass is 31.2. The van der Waals surface area contributed by atoms with Gasteiger partial charge in [0.2, 0.25) is 0 Å². The van der Waals surface area contributed by atoms with E-state index in [-0.39, 0.29) is 5.82 Å². The highest BCUT2D eigenvalue weighted by molar-refractivity contribution is 7.86. The zero-order valence-corrected chi connectivity index (χ0v) is 12.1. The standard InChI is InChI=1S/C18H12FOP/c19-13-10-11-16-15-8-4-5-9-17(15)21(20,18(16)12-13)14-6-2-1-3-7-14/h1-12H. The average Bonchev–Trinajstić information content (AvgIpc) is 2.79. The second-order valence-electron chi connectivity index (χ2n) is 5.12. The van der Waals surface area contributed by atoms with E-state index in [4.69, 9.17) is 0 Å². The molecule has 102 valence electrons. The molecule has 21 heavy (non-hydrogen) atoms. The number of halogens is 1. The number of rotatable bonds is 1. The third-order valence-corrected chi connectivity index (χ3v) is 7.09. The molecule has 0 saturated carbocycles. The van der Waals surface area contributed by atoms with Gasteiger partial charge in [-0.1, -0.05) is 60.7 Å². The van der Waals surface area contributed by atoms with Gasteiger partial charge in [-0.15, -0.1) is 0 Å². The summed E-state index contributed by atoms with van der Waals surface area (Å²) >= 11 is 0. The van der Waals surface area contributed by atoms with Crippen LogP contribution in [0.2, 0.25) is 0 Å². The predicted octanol–water partition coefficient (Wildman–Crippen LogP) is 3.45. The second kappa shape index (κ2) is 4.41. The summed E-state index contributed by atoms with van der Waals surface area (Å²) in [6.07, 6.45) is 0. The van der Waals surface area contributed by atoms with E-state index in [1.807, 2.05) is 54.6 Å². The Bertz CT molecular complexity index is 887. The lowest BCUT2D eigenvalue weighted by atomic mass is 10.1. The van der Waals surface area contributed by atoms with E-state index in [1.54, 1.807) is 6.07 Å². The molecule has 0 N–H and O–H groups in total. The number of fused-ring (bicyclic) bond motifs is 3. The second-order valence-corrected chi connectivity index (χ2v) is 7.82. The normalized spacial score (nSPS) is 19.1. The summed E-state index contributed by atoms with van der Waals surface area (Å²) in [6, 6.07) is 21.6. The minimum absolute atomic E-state index is 0.349. The molecule has 0 aliphatic carbocycles. The molecule has 3 heteroatoms. The monoisotopic (exact) mass is 294 g/mol. The van der Waals surface area contributed by atoms with Gasteiger partial charge < -0.3 is 4.57 Å².